The number of aromatic nitrogens is 10. The third kappa shape index (κ3) is 14.3. The third-order valence-electron chi connectivity index (χ3n) is 13.2. The molecule has 2 saturated heterocycles. The third-order valence-corrected chi connectivity index (χ3v) is 17.5. The molecule has 0 atom stereocenters. The Morgan fingerprint density at radius 3 is 1.52 bits per heavy atom. The van der Waals surface area contributed by atoms with Gasteiger partial charge in [0.1, 0.15) is 11.6 Å². The van der Waals surface area contributed by atoms with Crippen LogP contribution in [0, 0.1) is 39.6 Å². The summed E-state index contributed by atoms with van der Waals surface area (Å²) >= 11 is 2.19. The Balaban J connectivity index is 0.000000173. The Morgan fingerprint density at radius 1 is 0.658 bits per heavy atom. The first-order chi connectivity index (χ1) is 37.6. The zero-order valence-corrected chi connectivity index (χ0v) is 47.7. The summed E-state index contributed by atoms with van der Waals surface area (Å²) < 4.78 is 69.1. The number of fused-ring (bicyclic) bond motifs is 2. The minimum Gasteiger partial charge on any atom is -0.379 e. The van der Waals surface area contributed by atoms with Crippen molar-refractivity contribution >= 4 is 88.0 Å². The summed E-state index contributed by atoms with van der Waals surface area (Å²) in [7, 11) is -1.79. The van der Waals surface area contributed by atoms with Crippen LogP contribution < -0.4 is 33.1 Å². The maximum atomic E-state index is 12.9. The van der Waals surface area contributed by atoms with Crippen molar-refractivity contribution in [1.82, 2.24) is 57.1 Å². The highest BCUT2D eigenvalue weighted by Crippen LogP contribution is 2.33. The number of sulfone groups is 2. The molecule has 6 aromatic heterocycles. The molecule has 0 bridgehead atoms. The van der Waals surface area contributed by atoms with Crippen LogP contribution in [0.15, 0.2) is 66.2 Å². The van der Waals surface area contributed by atoms with Crippen LogP contribution in [0.2, 0.25) is 0 Å². The van der Waals surface area contributed by atoms with Gasteiger partial charge >= 0.3 is 11.4 Å². The van der Waals surface area contributed by atoms with Crippen molar-refractivity contribution in [3.63, 3.8) is 0 Å². The number of hydrogen-bond acceptors (Lipinski definition) is 18. The fraction of sp³-hybridized carbons (Fsp3) is 0.480. The molecule has 4 aliphatic rings. The van der Waals surface area contributed by atoms with Crippen molar-refractivity contribution < 1.29 is 35.9 Å². The summed E-state index contributed by atoms with van der Waals surface area (Å²) in [5, 5.41) is 5.12. The molecule has 8 heterocycles. The topological polar surface area (TPSA) is 301 Å². The summed E-state index contributed by atoms with van der Waals surface area (Å²) in [5.74, 6) is 9.08. The lowest BCUT2D eigenvalue weighted by atomic mass is 10.2. The van der Waals surface area contributed by atoms with Crippen molar-refractivity contribution in [2.24, 2.45) is 40.0 Å². The van der Waals surface area contributed by atoms with E-state index in [9.17, 15) is 45.6 Å². The second-order valence-electron chi connectivity index (χ2n) is 19.3. The first-order valence-electron chi connectivity index (χ1n) is 25.1. The van der Waals surface area contributed by atoms with Crippen molar-refractivity contribution in [1.29, 1.82) is 0 Å². The van der Waals surface area contributed by atoms with Gasteiger partial charge in [-0.3, -0.25) is 47.2 Å². The lowest BCUT2D eigenvalue weighted by molar-refractivity contribution is -0.119. The van der Waals surface area contributed by atoms with Crippen molar-refractivity contribution in [2.75, 3.05) is 87.8 Å². The number of morpholine rings is 2. The minimum atomic E-state index is -3.73. The van der Waals surface area contributed by atoms with Gasteiger partial charge in [-0.15, -0.1) is 6.42 Å². The van der Waals surface area contributed by atoms with Crippen LogP contribution >= 0.6 is 22.6 Å². The molecule has 0 aromatic carbocycles. The Labute approximate surface area is 467 Å². The van der Waals surface area contributed by atoms with Gasteiger partial charge in [0.05, 0.1) is 64.1 Å². The van der Waals surface area contributed by atoms with Crippen molar-refractivity contribution in [3.8, 4) is 24.2 Å². The van der Waals surface area contributed by atoms with Crippen molar-refractivity contribution in [3.05, 3.63) is 87.5 Å². The van der Waals surface area contributed by atoms with E-state index in [1.165, 1.54) is 48.1 Å². The number of aryl methyl sites for hydroxylation is 2. The van der Waals surface area contributed by atoms with Gasteiger partial charge in [0.2, 0.25) is 41.8 Å². The van der Waals surface area contributed by atoms with Gasteiger partial charge in [-0.25, -0.2) is 36.4 Å². The Hall–Kier alpha value is -6.87. The zero-order chi connectivity index (χ0) is 56.8. The molecule has 10 rings (SSSR count). The number of ether oxygens (including phenoxy) is 2. The van der Waals surface area contributed by atoms with Gasteiger partial charge in [-0.2, -0.15) is 9.97 Å². The molecule has 2 amide bonds. The van der Waals surface area contributed by atoms with E-state index in [0.717, 1.165) is 56.0 Å². The highest BCUT2D eigenvalue weighted by atomic mass is 127. The predicted molar refractivity (Wildman–Crippen MR) is 299 cm³/mol. The molecule has 2 N–H and O–H groups in total. The maximum Gasteiger partial charge on any atom is 0.333 e. The molecule has 4 fully saturated rings. The number of nitrogens with zero attached hydrogens (tertiary/aromatic N) is 12. The highest BCUT2D eigenvalue weighted by molar-refractivity contribution is 14.1. The average Bonchev–Trinajstić information content (AvgIpc) is 4.50. The minimum absolute atomic E-state index is 0.00382. The van der Waals surface area contributed by atoms with E-state index in [0.29, 0.717) is 63.3 Å². The predicted octanol–water partition coefficient (Wildman–Crippen LogP) is -0.458. The number of pyridine rings is 2. The molecule has 0 radical (unpaired) electrons. The molecule has 26 nitrogen and oxygen atoms in total. The van der Waals surface area contributed by atoms with E-state index in [2.05, 4.69) is 75.8 Å². The molecule has 2 saturated carbocycles. The molecule has 0 spiro atoms. The number of carbonyl (C=O) groups excluding carboxylic acids is 2. The van der Waals surface area contributed by atoms with E-state index >= 15 is 0 Å². The van der Waals surface area contributed by atoms with Crippen LogP contribution in [0.3, 0.4) is 0 Å². The smallest absolute Gasteiger partial charge is 0.333 e. The quantitative estimate of drug-likeness (QED) is 0.103. The van der Waals surface area contributed by atoms with Gasteiger partial charge < -0.3 is 29.2 Å². The lowest BCUT2D eigenvalue weighted by Gasteiger charge is -2.25. The number of terminal acetylenes is 1. The summed E-state index contributed by atoms with van der Waals surface area (Å²) in [6.45, 7) is 6.00. The summed E-state index contributed by atoms with van der Waals surface area (Å²) in [5.41, 5.74) is -1.90. The van der Waals surface area contributed by atoms with E-state index < -0.39 is 42.2 Å². The van der Waals surface area contributed by atoms with Gasteiger partial charge in [0, 0.05) is 75.9 Å². The molecule has 29 heteroatoms. The van der Waals surface area contributed by atoms with Gasteiger partial charge in [-0.05, 0) is 84.4 Å². The zero-order valence-electron chi connectivity index (χ0n) is 43.9. The Morgan fingerprint density at radius 2 is 1.09 bits per heavy atom. The lowest BCUT2D eigenvalue weighted by Crippen LogP contribution is -2.41. The van der Waals surface area contributed by atoms with E-state index in [1.807, 2.05) is 17.0 Å². The van der Waals surface area contributed by atoms with E-state index in [1.54, 1.807) is 18.3 Å². The fourth-order valence-corrected chi connectivity index (χ4v) is 12.8. The largest absolute Gasteiger partial charge is 0.379 e. The Bertz CT molecular complexity index is 3900. The highest BCUT2D eigenvalue weighted by Gasteiger charge is 2.35. The number of imidazole rings is 2. The van der Waals surface area contributed by atoms with Crippen LogP contribution in [0.1, 0.15) is 31.2 Å². The van der Waals surface area contributed by atoms with Gasteiger partial charge in [-0.1, -0.05) is 17.8 Å². The van der Waals surface area contributed by atoms with Gasteiger partial charge in [0.15, 0.2) is 22.3 Å². The van der Waals surface area contributed by atoms with Crippen LogP contribution in [-0.2, 0) is 80.0 Å². The Kier molecular flexibility index (Phi) is 18.5. The molecule has 6 aromatic rings. The van der Waals surface area contributed by atoms with Gasteiger partial charge in [0.25, 0.3) is 11.1 Å². The van der Waals surface area contributed by atoms with Crippen LogP contribution in [0.25, 0.3) is 22.3 Å². The summed E-state index contributed by atoms with van der Waals surface area (Å²) in [4.78, 5) is 95.1. The molecule has 2 aliphatic carbocycles. The molecule has 420 valence electrons. The van der Waals surface area contributed by atoms with E-state index in [-0.39, 0.29) is 87.4 Å². The molecular weight excluding hydrogens is 1180 g/mol. The fourth-order valence-electron chi connectivity index (χ4n) is 8.65. The van der Waals surface area contributed by atoms with Crippen LogP contribution in [0.5, 0.6) is 0 Å². The number of nitrogens with one attached hydrogen (secondary N) is 2. The molecular formula is C50H59IN14O12S2. The van der Waals surface area contributed by atoms with E-state index in [4.69, 9.17) is 15.9 Å². The second-order valence-corrected chi connectivity index (χ2v) is 24.4. The normalized spacial score (nSPS) is 15.9. The second kappa shape index (κ2) is 25.1. The molecule has 2 aliphatic heterocycles. The van der Waals surface area contributed by atoms with Crippen molar-refractivity contribution in [2.45, 2.75) is 49.1 Å². The number of anilines is 2. The standard InChI is InChI=1S/C25H29N7O6S.C14H16N4O4S.C11H14IN3O2/c1-29-21-22(28-24(29)39(36,37)16-18-5-6-18)32(25(35)30(2)23(21)34)9-3-4-17-7-8-26-19(14-17)27-20(33)15-31-10-12-38-13-11-31;1-4-7-18-11-10(12(19)17(3)14(18)20)16(2)13(15-11)23(21,22)8-9-5-6-9;12-9-1-2-13-10(7-9)14-11(16)8-15-3-5-17-6-4-15/h7-8,14,18H,5-6,9-13,15-16H2,1-2H3,(H,26,27,33);1,9H,5-8H2,2-3H3;1-2,7H,3-6,8H2,(H,13,14,16). The molecule has 79 heavy (non-hydrogen) atoms. The molecule has 0 unspecified atom stereocenters. The summed E-state index contributed by atoms with van der Waals surface area (Å²) in [6, 6.07) is 7.01. The SMILES string of the molecule is C#CCn1c(=O)n(C)c(=O)c2c1nc(S(=O)(=O)CC1CC1)n2C.Cn1c(=O)c2c(nc(S(=O)(=O)CC3CC3)n2C)n(CC#Cc2ccnc(NC(=O)CN3CCOCC3)c2)c1=O.O=C(CN1CCOCC1)Nc1cc(I)ccn1. The number of carbonyl (C=O) groups is 2. The first kappa shape index (κ1) is 58.3. The monoisotopic (exact) mass is 1240 g/mol. The number of amides is 2. The van der Waals surface area contributed by atoms with Crippen LogP contribution in [-0.4, -0.2) is 163 Å². The van der Waals surface area contributed by atoms with Crippen LogP contribution in [0.4, 0.5) is 11.6 Å². The number of hydrogen-bond donors (Lipinski definition) is 2. The average molecular weight is 1240 g/mol. The first-order valence-corrected chi connectivity index (χ1v) is 29.5. The summed E-state index contributed by atoms with van der Waals surface area (Å²) in [6.07, 6.45) is 11.9. The number of halogens is 1. The number of rotatable bonds is 14. The maximum absolute atomic E-state index is 12.9.